The molecule has 0 fully saturated rings. The number of nitrogens with two attached hydrogens (primary N) is 2. The van der Waals surface area contributed by atoms with E-state index >= 15 is 0 Å². The molecule has 0 aliphatic rings. The number of ether oxygens (including phenoxy) is 2. The van der Waals surface area contributed by atoms with E-state index in [9.17, 15) is 13.2 Å². The molecule has 0 saturated carbocycles. The Morgan fingerprint density at radius 1 is 0.719 bits per heavy atom. The number of rotatable bonds is 8. The first-order valence-corrected chi connectivity index (χ1v) is 9.47. The molecule has 0 aromatic heterocycles. The Morgan fingerprint density at radius 2 is 1.19 bits per heavy atom. The molecular formula is C23H21F3N4O2. The SMILES string of the molecule is N=C(N)c1ccc(OCc2ccc(C(F)(F)F)c(COc3ccc(C(=N)N)cc3)c2)cc1. The summed E-state index contributed by atoms with van der Waals surface area (Å²) in [6.07, 6.45) is -4.53. The third-order valence-electron chi connectivity index (χ3n) is 4.61. The van der Waals surface area contributed by atoms with Gasteiger partial charge in [-0.1, -0.05) is 6.07 Å². The molecule has 9 heteroatoms. The first-order chi connectivity index (χ1) is 15.1. The zero-order valence-electron chi connectivity index (χ0n) is 16.9. The third-order valence-corrected chi connectivity index (χ3v) is 4.61. The highest BCUT2D eigenvalue weighted by Gasteiger charge is 2.33. The average Bonchev–Trinajstić information content (AvgIpc) is 2.76. The van der Waals surface area contributed by atoms with Gasteiger partial charge in [0.1, 0.15) is 36.4 Å². The minimum Gasteiger partial charge on any atom is -0.489 e. The van der Waals surface area contributed by atoms with Crippen LogP contribution in [0.15, 0.2) is 66.7 Å². The number of nitrogens with one attached hydrogen (secondary N) is 2. The van der Waals surface area contributed by atoms with Crippen molar-refractivity contribution in [3.63, 3.8) is 0 Å². The number of nitrogen functional groups attached to an aromatic ring is 2. The Balaban J connectivity index is 1.74. The summed E-state index contributed by atoms with van der Waals surface area (Å²) < 4.78 is 51.5. The molecule has 6 N–H and O–H groups in total. The number of hydrogen-bond acceptors (Lipinski definition) is 4. The summed E-state index contributed by atoms with van der Waals surface area (Å²) in [6.45, 7) is -0.243. The maximum Gasteiger partial charge on any atom is 0.416 e. The van der Waals surface area contributed by atoms with Crippen LogP contribution in [0.4, 0.5) is 13.2 Å². The molecule has 0 atom stereocenters. The topological polar surface area (TPSA) is 118 Å². The van der Waals surface area contributed by atoms with Gasteiger partial charge in [0.05, 0.1) is 5.56 Å². The first kappa shape index (κ1) is 22.7. The van der Waals surface area contributed by atoms with E-state index in [2.05, 4.69) is 0 Å². The van der Waals surface area contributed by atoms with E-state index in [1.54, 1.807) is 48.5 Å². The monoisotopic (exact) mass is 442 g/mol. The number of halogens is 3. The number of benzene rings is 3. The van der Waals surface area contributed by atoms with E-state index in [1.165, 1.54) is 12.1 Å². The van der Waals surface area contributed by atoms with Crippen molar-refractivity contribution < 1.29 is 22.6 Å². The Bertz CT molecular complexity index is 1110. The van der Waals surface area contributed by atoms with E-state index in [1.807, 2.05) is 0 Å². The molecule has 0 aliphatic heterocycles. The second-order valence-corrected chi connectivity index (χ2v) is 6.94. The summed E-state index contributed by atoms with van der Waals surface area (Å²) in [5.74, 6) is 0.674. The molecule has 0 saturated heterocycles. The Hall–Kier alpha value is -4.01. The van der Waals surface area contributed by atoms with Crippen molar-refractivity contribution in [2.75, 3.05) is 0 Å². The number of alkyl halides is 3. The van der Waals surface area contributed by atoms with Gasteiger partial charge in [-0.2, -0.15) is 13.2 Å². The molecule has 166 valence electrons. The summed E-state index contributed by atoms with van der Waals surface area (Å²) in [7, 11) is 0. The maximum absolute atomic E-state index is 13.4. The van der Waals surface area contributed by atoms with Crippen molar-refractivity contribution in [3.8, 4) is 11.5 Å². The van der Waals surface area contributed by atoms with Gasteiger partial charge in [-0.05, 0) is 66.2 Å². The minimum atomic E-state index is -4.53. The number of hydrogen-bond donors (Lipinski definition) is 4. The molecule has 3 aromatic rings. The van der Waals surface area contributed by atoms with Gasteiger partial charge in [0.25, 0.3) is 0 Å². The molecule has 0 unspecified atom stereocenters. The zero-order valence-corrected chi connectivity index (χ0v) is 16.9. The van der Waals surface area contributed by atoms with Crippen molar-refractivity contribution in [3.05, 3.63) is 94.5 Å². The zero-order chi connectivity index (χ0) is 23.3. The lowest BCUT2D eigenvalue weighted by Gasteiger charge is -2.16. The second kappa shape index (κ2) is 9.42. The average molecular weight is 442 g/mol. The lowest BCUT2D eigenvalue weighted by molar-refractivity contribution is -0.138. The van der Waals surface area contributed by atoms with E-state index in [0.717, 1.165) is 6.07 Å². The molecule has 0 aliphatic carbocycles. The molecule has 0 radical (unpaired) electrons. The van der Waals surface area contributed by atoms with Crippen LogP contribution < -0.4 is 20.9 Å². The van der Waals surface area contributed by atoms with E-state index in [-0.39, 0.29) is 30.4 Å². The van der Waals surface area contributed by atoms with Gasteiger partial charge >= 0.3 is 6.18 Å². The molecular weight excluding hydrogens is 421 g/mol. The minimum absolute atomic E-state index is 0.0267. The van der Waals surface area contributed by atoms with Crippen LogP contribution in [-0.2, 0) is 19.4 Å². The third kappa shape index (κ3) is 5.78. The van der Waals surface area contributed by atoms with E-state index in [0.29, 0.717) is 28.2 Å². The van der Waals surface area contributed by atoms with Gasteiger partial charge in [-0.3, -0.25) is 10.8 Å². The first-order valence-electron chi connectivity index (χ1n) is 9.47. The quantitative estimate of drug-likeness (QED) is 0.305. The van der Waals surface area contributed by atoms with E-state index in [4.69, 9.17) is 31.8 Å². The van der Waals surface area contributed by atoms with Crippen LogP contribution in [0, 0.1) is 10.8 Å². The highest BCUT2D eigenvalue weighted by atomic mass is 19.4. The van der Waals surface area contributed by atoms with Crippen molar-refractivity contribution in [1.29, 1.82) is 10.8 Å². The van der Waals surface area contributed by atoms with Crippen LogP contribution in [0.3, 0.4) is 0 Å². The van der Waals surface area contributed by atoms with Crippen molar-refractivity contribution in [2.45, 2.75) is 19.4 Å². The highest BCUT2D eigenvalue weighted by molar-refractivity contribution is 5.95. The molecule has 6 nitrogen and oxygen atoms in total. The predicted octanol–water partition coefficient (Wildman–Crippen LogP) is 4.43. The predicted molar refractivity (Wildman–Crippen MR) is 115 cm³/mol. The van der Waals surface area contributed by atoms with Crippen LogP contribution in [0.2, 0.25) is 0 Å². The molecule has 0 spiro atoms. The molecule has 0 heterocycles. The summed E-state index contributed by atoms with van der Waals surface area (Å²) in [5.41, 5.74) is 11.6. The van der Waals surface area contributed by atoms with Crippen LogP contribution >= 0.6 is 0 Å². The van der Waals surface area contributed by atoms with Gasteiger partial charge in [-0.15, -0.1) is 0 Å². The molecule has 3 aromatic carbocycles. The number of amidine groups is 2. The second-order valence-electron chi connectivity index (χ2n) is 6.94. The summed E-state index contributed by atoms with van der Waals surface area (Å²) in [6, 6.07) is 16.5. The molecule has 3 rings (SSSR count). The van der Waals surface area contributed by atoms with Gasteiger partial charge in [0.2, 0.25) is 0 Å². The van der Waals surface area contributed by atoms with Crippen molar-refractivity contribution >= 4 is 11.7 Å². The van der Waals surface area contributed by atoms with Gasteiger partial charge in [-0.25, -0.2) is 0 Å². The Labute approximate surface area is 182 Å². The standard InChI is InChI=1S/C23H21F3N4O2/c24-23(25,26)20-10-1-14(12-31-18-6-2-15(3-7-18)21(27)28)11-17(20)13-32-19-8-4-16(5-9-19)22(29)30/h1-11H,12-13H2,(H3,27,28)(H3,29,30). The van der Waals surface area contributed by atoms with Gasteiger partial charge < -0.3 is 20.9 Å². The Kier molecular flexibility index (Phi) is 6.67. The Morgan fingerprint density at radius 3 is 1.62 bits per heavy atom. The summed E-state index contributed by atoms with van der Waals surface area (Å²) in [5, 5.41) is 14.8. The fourth-order valence-corrected chi connectivity index (χ4v) is 2.92. The smallest absolute Gasteiger partial charge is 0.416 e. The van der Waals surface area contributed by atoms with Gasteiger partial charge in [0, 0.05) is 16.7 Å². The summed E-state index contributed by atoms with van der Waals surface area (Å²) in [4.78, 5) is 0. The fourth-order valence-electron chi connectivity index (χ4n) is 2.92. The molecule has 0 amide bonds. The molecule has 32 heavy (non-hydrogen) atoms. The summed E-state index contributed by atoms with van der Waals surface area (Å²) >= 11 is 0. The van der Waals surface area contributed by atoms with Gasteiger partial charge in [0.15, 0.2) is 0 Å². The van der Waals surface area contributed by atoms with Crippen LogP contribution in [0.1, 0.15) is 27.8 Å². The normalized spacial score (nSPS) is 11.1. The maximum atomic E-state index is 13.4. The lowest BCUT2D eigenvalue weighted by Crippen LogP contribution is -2.12. The lowest BCUT2D eigenvalue weighted by atomic mass is 10.0. The fraction of sp³-hybridized carbons (Fsp3) is 0.130. The highest BCUT2D eigenvalue weighted by Crippen LogP contribution is 2.33. The van der Waals surface area contributed by atoms with Crippen LogP contribution in [0.25, 0.3) is 0 Å². The van der Waals surface area contributed by atoms with E-state index < -0.39 is 11.7 Å². The molecule has 0 bridgehead atoms. The van der Waals surface area contributed by atoms with Crippen molar-refractivity contribution in [1.82, 2.24) is 0 Å². The van der Waals surface area contributed by atoms with Crippen LogP contribution in [0.5, 0.6) is 11.5 Å². The van der Waals surface area contributed by atoms with Crippen LogP contribution in [-0.4, -0.2) is 11.7 Å². The largest absolute Gasteiger partial charge is 0.489 e. The van der Waals surface area contributed by atoms with Crippen molar-refractivity contribution in [2.24, 2.45) is 11.5 Å².